The van der Waals surface area contributed by atoms with Gasteiger partial charge in [-0.25, -0.2) is 4.98 Å². The van der Waals surface area contributed by atoms with Gasteiger partial charge in [-0.05, 0) is 24.3 Å². The van der Waals surface area contributed by atoms with Crippen LogP contribution in [-0.4, -0.2) is 19.9 Å². The maximum absolute atomic E-state index is 12.5. The van der Waals surface area contributed by atoms with Crippen LogP contribution in [0.25, 0.3) is 44.3 Å². The second kappa shape index (κ2) is 6.21. The van der Waals surface area contributed by atoms with Crippen LogP contribution in [0, 0.1) is 0 Å². The molecule has 0 bridgehead atoms. The number of aromatic amines is 3. The molecule has 27 heavy (non-hydrogen) atoms. The fourth-order valence-corrected chi connectivity index (χ4v) is 4.05. The SMILES string of the molecule is O=c1[nH]cc(-c2c[nH]c3cc(Br)ccc23)nc1-c1c[nH]c2cc(Br)ccc12. The standard InChI is InChI=1S/C20H12Br2N4O/c21-10-1-3-12-14(7-23-16(12)5-10)18-9-25-20(27)19(26-18)15-8-24-17-6-11(22)2-4-13(15)17/h1-9,23-24H,(H,25,27). The molecule has 0 saturated heterocycles. The molecule has 0 fully saturated rings. The maximum atomic E-state index is 12.5. The fourth-order valence-electron chi connectivity index (χ4n) is 3.33. The summed E-state index contributed by atoms with van der Waals surface area (Å²) in [6.45, 7) is 0. The predicted molar refractivity (Wildman–Crippen MR) is 115 cm³/mol. The van der Waals surface area contributed by atoms with Crippen LogP contribution < -0.4 is 5.56 Å². The van der Waals surface area contributed by atoms with Crippen LogP contribution in [0.3, 0.4) is 0 Å². The van der Waals surface area contributed by atoms with Gasteiger partial charge in [0.1, 0.15) is 5.69 Å². The quantitative estimate of drug-likeness (QED) is 0.306. The molecule has 132 valence electrons. The number of halogens is 2. The van der Waals surface area contributed by atoms with Gasteiger partial charge in [-0.1, -0.05) is 44.0 Å². The van der Waals surface area contributed by atoms with E-state index < -0.39 is 0 Å². The Kier molecular flexibility index (Phi) is 3.80. The smallest absolute Gasteiger partial charge is 0.274 e. The third kappa shape index (κ3) is 2.74. The number of aromatic nitrogens is 4. The largest absolute Gasteiger partial charge is 0.360 e. The van der Waals surface area contributed by atoms with E-state index in [1.165, 1.54) is 0 Å². The third-order valence-electron chi connectivity index (χ3n) is 4.61. The zero-order chi connectivity index (χ0) is 18.5. The van der Waals surface area contributed by atoms with E-state index in [4.69, 9.17) is 4.98 Å². The van der Waals surface area contributed by atoms with Crippen molar-refractivity contribution >= 4 is 53.7 Å². The lowest BCUT2D eigenvalue weighted by Crippen LogP contribution is -2.11. The molecule has 0 aliphatic carbocycles. The van der Waals surface area contributed by atoms with E-state index in [1.54, 1.807) is 6.20 Å². The molecule has 0 unspecified atom stereocenters. The van der Waals surface area contributed by atoms with Crippen molar-refractivity contribution < 1.29 is 0 Å². The molecule has 5 rings (SSSR count). The first-order valence-corrected chi connectivity index (χ1v) is 9.82. The summed E-state index contributed by atoms with van der Waals surface area (Å²) >= 11 is 6.95. The Balaban J connectivity index is 1.71. The van der Waals surface area contributed by atoms with Gasteiger partial charge in [0.2, 0.25) is 0 Å². The molecular weight excluding hydrogens is 472 g/mol. The summed E-state index contributed by atoms with van der Waals surface area (Å²) in [5.41, 5.74) is 4.57. The molecule has 5 aromatic rings. The molecule has 0 saturated carbocycles. The van der Waals surface area contributed by atoms with Gasteiger partial charge in [-0.2, -0.15) is 0 Å². The highest BCUT2D eigenvalue weighted by Gasteiger charge is 2.15. The average molecular weight is 484 g/mol. The summed E-state index contributed by atoms with van der Waals surface area (Å²) in [6, 6.07) is 11.9. The van der Waals surface area contributed by atoms with Crippen molar-refractivity contribution in [2.24, 2.45) is 0 Å². The molecule has 2 aromatic carbocycles. The van der Waals surface area contributed by atoms with Crippen molar-refractivity contribution in [3.63, 3.8) is 0 Å². The van der Waals surface area contributed by atoms with Crippen LogP contribution in [0.4, 0.5) is 0 Å². The molecule has 0 aliphatic heterocycles. The highest BCUT2D eigenvalue weighted by Crippen LogP contribution is 2.31. The van der Waals surface area contributed by atoms with E-state index in [0.29, 0.717) is 11.4 Å². The molecule has 0 radical (unpaired) electrons. The van der Waals surface area contributed by atoms with Crippen LogP contribution in [0.5, 0.6) is 0 Å². The topological polar surface area (TPSA) is 77.3 Å². The van der Waals surface area contributed by atoms with Gasteiger partial charge in [0.15, 0.2) is 0 Å². The number of H-pyrrole nitrogens is 3. The van der Waals surface area contributed by atoms with E-state index in [0.717, 1.165) is 41.9 Å². The van der Waals surface area contributed by atoms with Gasteiger partial charge in [0.25, 0.3) is 5.56 Å². The Morgan fingerprint density at radius 3 is 2.00 bits per heavy atom. The Bertz CT molecular complexity index is 1380. The van der Waals surface area contributed by atoms with E-state index in [1.807, 2.05) is 48.8 Å². The van der Waals surface area contributed by atoms with Crippen molar-refractivity contribution in [2.45, 2.75) is 0 Å². The molecule has 7 heteroatoms. The number of hydrogen-bond acceptors (Lipinski definition) is 2. The molecule has 0 aliphatic rings. The van der Waals surface area contributed by atoms with Gasteiger partial charge in [-0.3, -0.25) is 4.79 Å². The van der Waals surface area contributed by atoms with E-state index in [9.17, 15) is 4.79 Å². The van der Waals surface area contributed by atoms with Crippen LogP contribution in [0.2, 0.25) is 0 Å². The minimum absolute atomic E-state index is 0.217. The third-order valence-corrected chi connectivity index (χ3v) is 5.59. The van der Waals surface area contributed by atoms with Gasteiger partial charge >= 0.3 is 0 Å². The summed E-state index contributed by atoms with van der Waals surface area (Å²) in [4.78, 5) is 26.5. The van der Waals surface area contributed by atoms with Gasteiger partial charge in [0.05, 0.1) is 5.69 Å². The zero-order valence-electron chi connectivity index (χ0n) is 13.8. The molecule has 3 aromatic heterocycles. The summed E-state index contributed by atoms with van der Waals surface area (Å²) in [7, 11) is 0. The van der Waals surface area contributed by atoms with Gasteiger partial charge in [0, 0.05) is 60.5 Å². The summed E-state index contributed by atoms with van der Waals surface area (Å²) in [6.07, 6.45) is 5.39. The van der Waals surface area contributed by atoms with Crippen LogP contribution in [0.1, 0.15) is 0 Å². The number of nitrogens with zero attached hydrogens (tertiary/aromatic N) is 1. The molecule has 3 heterocycles. The van der Waals surface area contributed by atoms with Crippen molar-refractivity contribution in [1.29, 1.82) is 0 Å². The lowest BCUT2D eigenvalue weighted by molar-refractivity contribution is 1.15. The average Bonchev–Trinajstić information content (AvgIpc) is 3.25. The first kappa shape index (κ1) is 16.5. The van der Waals surface area contributed by atoms with Crippen molar-refractivity contribution in [3.8, 4) is 22.5 Å². The van der Waals surface area contributed by atoms with E-state index in [-0.39, 0.29) is 5.56 Å². The molecule has 0 amide bonds. The molecule has 3 N–H and O–H groups in total. The second-order valence-corrected chi connectivity index (χ2v) is 8.08. The Labute approximate surface area is 170 Å². The molecule has 0 atom stereocenters. The summed E-state index contributed by atoms with van der Waals surface area (Å²) in [5, 5.41) is 2.00. The maximum Gasteiger partial charge on any atom is 0.274 e. The van der Waals surface area contributed by atoms with Crippen molar-refractivity contribution in [3.05, 3.63) is 74.3 Å². The lowest BCUT2D eigenvalue weighted by Gasteiger charge is -2.03. The Morgan fingerprint density at radius 2 is 1.33 bits per heavy atom. The first-order chi connectivity index (χ1) is 13.1. The van der Waals surface area contributed by atoms with Gasteiger partial charge in [-0.15, -0.1) is 0 Å². The normalized spacial score (nSPS) is 11.5. The molecular formula is C20H12Br2N4O. The summed E-state index contributed by atoms with van der Waals surface area (Å²) in [5.74, 6) is 0. The zero-order valence-corrected chi connectivity index (χ0v) is 17.0. The minimum atomic E-state index is -0.217. The minimum Gasteiger partial charge on any atom is -0.360 e. The first-order valence-electron chi connectivity index (χ1n) is 8.24. The highest BCUT2D eigenvalue weighted by atomic mass is 79.9. The monoisotopic (exact) mass is 482 g/mol. The number of nitrogens with one attached hydrogen (secondary N) is 3. The van der Waals surface area contributed by atoms with Crippen LogP contribution in [0.15, 0.2) is 68.7 Å². The van der Waals surface area contributed by atoms with Crippen molar-refractivity contribution in [1.82, 2.24) is 19.9 Å². The number of fused-ring (bicyclic) bond motifs is 2. The van der Waals surface area contributed by atoms with E-state index >= 15 is 0 Å². The Morgan fingerprint density at radius 1 is 0.741 bits per heavy atom. The van der Waals surface area contributed by atoms with Crippen molar-refractivity contribution in [2.75, 3.05) is 0 Å². The van der Waals surface area contributed by atoms with Gasteiger partial charge < -0.3 is 15.0 Å². The molecule has 0 spiro atoms. The Hall–Kier alpha value is -2.64. The lowest BCUT2D eigenvalue weighted by atomic mass is 10.1. The fraction of sp³-hybridized carbons (Fsp3) is 0. The second-order valence-electron chi connectivity index (χ2n) is 6.25. The predicted octanol–water partition coefficient (Wildman–Crippen LogP) is 5.59. The van der Waals surface area contributed by atoms with Crippen LogP contribution >= 0.6 is 31.9 Å². The highest BCUT2D eigenvalue weighted by molar-refractivity contribution is 9.10. The summed E-state index contributed by atoms with van der Waals surface area (Å²) < 4.78 is 1.98. The number of hydrogen-bond donors (Lipinski definition) is 3. The number of benzene rings is 2. The van der Waals surface area contributed by atoms with Crippen LogP contribution in [-0.2, 0) is 0 Å². The molecule has 5 nitrogen and oxygen atoms in total. The van der Waals surface area contributed by atoms with E-state index in [2.05, 4.69) is 46.8 Å². The number of rotatable bonds is 2.